The van der Waals surface area contributed by atoms with Crippen LogP contribution in [0.4, 0.5) is 4.39 Å². The van der Waals surface area contributed by atoms with E-state index in [4.69, 9.17) is 0 Å². The average molecular weight is 314 g/mol. The second-order valence-corrected chi connectivity index (χ2v) is 7.09. The van der Waals surface area contributed by atoms with Crippen molar-refractivity contribution >= 4 is 10.8 Å². The summed E-state index contributed by atoms with van der Waals surface area (Å²) < 4.78 is 13.9. The molecule has 1 fully saturated rings. The Balaban J connectivity index is 1.67. The Morgan fingerprint density at radius 1 is 1.04 bits per heavy atom. The minimum atomic E-state index is -0.506. The number of phenols is 1. The Morgan fingerprint density at radius 3 is 2.57 bits per heavy atom. The van der Waals surface area contributed by atoms with Crippen molar-refractivity contribution in [2.45, 2.75) is 64.2 Å². The van der Waals surface area contributed by atoms with Gasteiger partial charge in [-0.2, -0.15) is 0 Å². The first-order valence-electron chi connectivity index (χ1n) is 9.10. The maximum atomic E-state index is 13.9. The summed E-state index contributed by atoms with van der Waals surface area (Å²) in [5.74, 6) is 0.748. The number of aromatic hydroxyl groups is 1. The smallest absolute Gasteiger partial charge is 0.172 e. The minimum absolute atomic E-state index is 0.266. The molecule has 2 aromatic carbocycles. The first-order chi connectivity index (χ1) is 11.2. The number of phenolic OH excluding ortho intramolecular Hbond substituents is 1. The standard InChI is InChI=1S/C21H27FO/c1-2-3-4-5-15-6-8-16(9-7-15)17-10-12-19-18(14-17)11-13-20(23)21(19)22/h10-16,23H,2-9H2,1H3. The number of benzene rings is 2. The van der Waals surface area contributed by atoms with Gasteiger partial charge in [0.1, 0.15) is 0 Å². The fraction of sp³-hybridized carbons (Fsp3) is 0.524. The topological polar surface area (TPSA) is 20.2 Å². The van der Waals surface area contributed by atoms with Crippen molar-refractivity contribution < 1.29 is 9.50 Å². The Morgan fingerprint density at radius 2 is 1.83 bits per heavy atom. The van der Waals surface area contributed by atoms with Crippen LogP contribution in [0.1, 0.15) is 69.8 Å². The predicted octanol–water partition coefficient (Wildman–Crippen LogP) is 6.54. The van der Waals surface area contributed by atoms with Crippen LogP contribution in [0, 0.1) is 11.7 Å². The first-order valence-corrected chi connectivity index (χ1v) is 9.10. The summed E-state index contributed by atoms with van der Waals surface area (Å²) in [5.41, 5.74) is 1.33. The van der Waals surface area contributed by atoms with E-state index in [-0.39, 0.29) is 5.75 Å². The second-order valence-electron chi connectivity index (χ2n) is 7.09. The van der Waals surface area contributed by atoms with Gasteiger partial charge in [0, 0.05) is 5.39 Å². The quantitative estimate of drug-likeness (QED) is 0.621. The van der Waals surface area contributed by atoms with Crippen molar-refractivity contribution in [1.82, 2.24) is 0 Å². The van der Waals surface area contributed by atoms with Gasteiger partial charge in [0.25, 0.3) is 0 Å². The molecule has 1 saturated carbocycles. The van der Waals surface area contributed by atoms with Crippen LogP contribution in [0.5, 0.6) is 5.75 Å². The molecule has 0 atom stereocenters. The molecule has 0 heterocycles. The van der Waals surface area contributed by atoms with E-state index < -0.39 is 5.82 Å². The van der Waals surface area contributed by atoms with Crippen molar-refractivity contribution in [3.63, 3.8) is 0 Å². The van der Waals surface area contributed by atoms with E-state index in [1.807, 2.05) is 18.2 Å². The number of unbranched alkanes of at least 4 members (excludes halogenated alkanes) is 2. The third-order valence-electron chi connectivity index (χ3n) is 5.49. The van der Waals surface area contributed by atoms with Crippen molar-refractivity contribution in [2.24, 2.45) is 5.92 Å². The summed E-state index contributed by atoms with van der Waals surface area (Å²) in [4.78, 5) is 0. The van der Waals surface area contributed by atoms with E-state index in [0.717, 1.165) is 11.3 Å². The first kappa shape index (κ1) is 16.3. The average Bonchev–Trinajstić information content (AvgIpc) is 2.59. The summed E-state index contributed by atoms with van der Waals surface area (Å²) >= 11 is 0. The third kappa shape index (κ3) is 3.68. The van der Waals surface area contributed by atoms with Gasteiger partial charge in [0.05, 0.1) is 0 Å². The van der Waals surface area contributed by atoms with Gasteiger partial charge in [0.15, 0.2) is 11.6 Å². The molecular formula is C21H27FO. The van der Waals surface area contributed by atoms with Crippen LogP contribution in [0.15, 0.2) is 30.3 Å². The van der Waals surface area contributed by atoms with Crippen LogP contribution >= 0.6 is 0 Å². The van der Waals surface area contributed by atoms with Gasteiger partial charge in [-0.15, -0.1) is 0 Å². The molecule has 2 aromatic rings. The molecule has 23 heavy (non-hydrogen) atoms. The van der Waals surface area contributed by atoms with Crippen molar-refractivity contribution in [3.05, 3.63) is 41.7 Å². The number of rotatable bonds is 5. The van der Waals surface area contributed by atoms with E-state index >= 15 is 0 Å². The molecule has 1 nitrogen and oxygen atoms in total. The normalized spacial score (nSPS) is 21.7. The van der Waals surface area contributed by atoms with Gasteiger partial charge in [-0.05, 0) is 54.5 Å². The van der Waals surface area contributed by atoms with Crippen LogP contribution in [-0.2, 0) is 0 Å². The highest BCUT2D eigenvalue weighted by Crippen LogP contribution is 2.39. The van der Waals surface area contributed by atoms with Crippen LogP contribution in [0.3, 0.4) is 0 Å². The number of fused-ring (bicyclic) bond motifs is 1. The van der Waals surface area contributed by atoms with Gasteiger partial charge in [-0.1, -0.05) is 56.9 Å². The lowest BCUT2D eigenvalue weighted by Gasteiger charge is -2.29. The summed E-state index contributed by atoms with van der Waals surface area (Å²) in [6.45, 7) is 2.26. The van der Waals surface area contributed by atoms with Gasteiger partial charge >= 0.3 is 0 Å². The molecule has 0 unspecified atom stereocenters. The van der Waals surface area contributed by atoms with Gasteiger partial charge in [-0.25, -0.2) is 4.39 Å². The molecule has 1 aliphatic carbocycles. The molecule has 3 rings (SSSR count). The Hall–Kier alpha value is -1.57. The van der Waals surface area contributed by atoms with Crippen molar-refractivity contribution in [3.8, 4) is 5.75 Å². The molecule has 0 bridgehead atoms. The molecule has 0 aromatic heterocycles. The zero-order valence-electron chi connectivity index (χ0n) is 14.0. The molecule has 0 spiro atoms. The molecule has 1 N–H and O–H groups in total. The molecule has 0 radical (unpaired) electrons. The van der Waals surface area contributed by atoms with Gasteiger partial charge < -0.3 is 5.11 Å². The summed E-state index contributed by atoms with van der Waals surface area (Å²) in [7, 11) is 0. The Labute approximate surface area is 138 Å². The van der Waals surface area contributed by atoms with Gasteiger partial charge in [-0.3, -0.25) is 0 Å². The summed E-state index contributed by atoms with van der Waals surface area (Å²) in [6.07, 6.45) is 10.6. The molecule has 2 heteroatoms. The predicted molar refractivity (Wildman–Crippen MR) is 94.4 cm³/mol. The number of halogens is 1. The second kappa shape index (κ2) is 7.33. The lowest BCUT2D eigenvalue weighted by Crippen LogP contribution is -2.13. The van der Waals surface area contributed by atoms with Crippen molar-refractivity contribution in [2.75, 3.05) is 0 Å². The van der Waals surface area contributed by atoms with E-state index in [1.54, 1.807) is 0 Å². The van der Waals surface area contributed by atoms with E-state index in [1.165, 1.54) is 63.0 Å². The lowest BCUT2D eigenvalue weighted by atomic mass is 9.77. The molecule has 0 aliphatic heterocycles. The third-order valence-corrected chi connectivity index (χ3v) is 5.49. The molecule has 0 amide bonds. The number of hydrogen-bond acceptors (Lipinski definition) is 1. The SMILES string of the molecule is CCCCCC1CCC(c2ccc3c(F)c(O)ccc3c2)CC1. The summed E-state index contributed by atoms with van der Waals surface area (Å²) in [6, 6.07) is 9.25. The summed E-state index contributed by atoms with van der Waals surface area (Å²) in [5, 5.41) is 10.9. The molecule has 0 saturated heterocycles. The molecular weight excluding hydrogens is 287 g/mol. The number of hydrogen-bond donors (Lipinski definition) is 1. The van der Waals surface area contributed by atoms with Crippen LogP contribution in [0.2, 0.25) is 0 Å². The largest absolute Gasteiger partial charge is 0.505 e. The maximum Gasteiger partial charge on any atom is 0.172 e. The van der Waals surface area contributed by atoms with Crippen LogP contribution < -0.4 is 0 Å². The van der Waals surface area contributed by atoms with Crippen LogP contribution in [-0.4, -0.2) is 5.11 Å². The minimum Gasteiger partial charge on any atom is -0.505 e. The monoisotopic (exact) mass is 314 g/mol. The van der Waals surface area contributed by atoms with Crippen LogP contribution in [0.25, 0.3) is 10.8 Å². The van der Waals surface area contributed by atoms with Crippen molar-refractivity contribution in [1.29, 1.82) is 0 Å². The zero-order valence-corrected chi connectivity index (χ0v) is 14.0. The zero-order chi connectivity index (χ0) is 16.2. The fourth-order valence-corrected chi connectivity index (χ4v) is 4.02. The van der Waals surface area contributed by atoms with Gasteiger partial charge in [0.2, 0.25) is 0 Å². The Bertz CT molecular complexity index is 656. The maximum absolute atomic E-state index is 13.9. The Kier molecular flexibility index (Phi) is 5.20. The molecule has 1 aliphatic rings. The van der Waals surface area contributed by atoms with E-state index in [9.17, 15) is 9.50 Å². The molecule has 124 valence electrons. The lowest BCUT2D eigenvalue weighted by molar-refractivity contribution is 0.303. The van der Waals surface area contributed by atoms with E-state index in [0.29, 0.717) is 11.3 Å². The highest BCUT2D eigenvalue weighted by Gasteiger charge is 2.22. The highest BCUT2D eigenvalue weighted by molar-refractivity contribution is 5.85. The van der Waals surface area contributed by atoms with E-state index in [2.05, 4.69) is 13.0 Å². The highest BCUT2D eigenvalue weighted by atomic mass is 19.1. The fourth-order valence-electron chi connectivity index (χ4n) is 4.02.